The third-order valence-electron chi connectivity index (χ3n) is 5.17. The Morgan fingerprint density at radius 2 is 0.375 bits per heavy atom. The highest BCUT2D eigenvalue weighted by atomic mass is 16.6. The van der Waals surface area contributed by atoms with E-state index >= 15 is 0 Å². The van der Waals surface area contributed by atoms with Crippen molar-refractivity contribution in [2.24, 2.45) is 0 Å². The summed E-state index contributed by atoms with van der Waals surface area (Å²) in [6.07, 6.45) is 0. The summed E-state index contributed by atoms with van der Waals surface area (Å²) in [7, 11) is 0. The van der Waals surface area contributed by atoms with Crippen LogP contribution in [-0.2, 0) is 37.9 Å². The summed E-state index contributed by atoms with van der Waals surface area (Å²) in [6.45, 7) is 14.8. The van der Waals surface area contributed by atoms with Crippen LogP contribution in [-0.4, -0.2) is 155 Å². The molecular weight excluding hydrogens is 420 g/mol. The van der Waals surface area contributed by atoms with Gasteiger partial charge in [0.2, 0.25) is 0 Å². The number of hydrogen-bond acceptors (Lipinski definition) is 10. The van der Waals surface area contributed by atoms with Gasteiger partial charge in [0.05, 0.1) is 106 Å². The zero-order chi connectivity index (χ0) is 22.4. The van der Waals surface area contributed by atoms with Gasteiger partial charge in [-0.3, -0.25) is 9.80 Å². The second-order valence-electron chi connectivity index (χ2n) is 7.58. The molecule has 10 heteroatoms. The largest absolute Gasteiger partial charge is 0.378 e. The molecule has 3 rings (SSSR count). The smallest absolute Gasteiger partial charge is 0.0701 e. The maximum absolute atomic E-state index is 5.76. The monoisotopic (exact) mass is 464 g/mol. The van der Waals surface area contributed by atoms with Crippen LogP contribution in [0.1, 0.15) is 0 Å². The number of ether oxygens (including phenoxy) is 8. The van der Waals surface area contributed by atoms with Crippen molar-refractivity contribution in [3.63, 3.8) is 0 Å². The van der Waals surface area contributed by atoms with Crippen molar-refractivity contribution >= 4 is 0 Å². The predicted molar refractivity (Wildman–Crippen MR) is 119 cm³/mol. The first kappa shape index (κ1) is 27.8. The lowest BCUT2D eigenvalue weighted by Gasteiger charge is -2.23. The van der Waals surface area contributed by atoms with E-state index < -0.39 is 0 Å². The van der Waals surface area contributed by atoms with Gasteiger partial charge < -0.3 is 37.9 Å². The lowest BCUT2D eigenvalue weighted by atomic mass is 10.4. The second-order valence-corrected chi connectivity index (χ2v) is 7.58. The Morgan fingerprint density at radius 3 is 0.562 bits per heavy atom. The number of nitrogens with zero attached hydrogens (tertiary/aromatic N) is 2. The fourth-order valence-electron chi connectivity index (χ4n) is 3.24. The van der Waals surface area contributed by atoms with E-state index in [4.69, 9.17) is 37.9 Å². The van der Waals surface area contributed by atoms with Gasteiger partial charge in [0.15, 0.2) is 0 Å². The zero-order valence-corrected chi connectivity index (χ0v) is 19.7. The Morgan fingerprint density at radius 1 is 0.219 bits per heavy atom. The van der Waals surface area contributed by atoms with Gasteiger partial charge in [-0.05, 0) is 0 Å². The van der Waals surface area contributed by atoms with E-state index in [0.717, 1.165) is 39.3 Å². The van der Waals surface area contributed by atoms with Crippen LogP contribution in [0.4, 0.5) is 0 Å². The minimum Gasteiger partial charge on any atom is -0.378 e. The molecule has 0 aliphatic carbocycles. The minimum absolute atomic E-state index is 0.567. The molecule has 0 atom stereocenters. The Bertz CT molecular complexity index is 347. The molecule has 0 spiro atoms. The lowest BCUT2D eigenvalue weighted by molar-refractivity contribution is -0.0170. The maximum atomic E-state index is 5.76. The van der Waals surface area contributed by atoms with Crippen LogP contribution in [0.3, 0.4) is 0 Å². The van der Waals surface area contributed by atoms with Crippen molar-refractivity contribution in [1.82, 2.24) is 9.80 Å². The van der Waals surface area contributed by atoms with Crippen molar-refractivity contribution in [2.75, 3.05) is 145 Å². The molecule has 3 saturated heterocycles. The molecule has 2 bridgehead atoms. The summed E-state index contributed by atoms with van der Waals surface area (Å²) in [4.78, 5) is 4.61. The summed E-state index contributed by atoms with van der Waals surface area (Å²) in [5.74, 6) is 0. The topological polar surface area (TPSA) is 80.3 Å². The average Bonchev–Trinajstić information content (AvgIpc) is 2.80. The van der Waals surface area contributed by atoms with E-state index in [9.17, 15) is 0 Å². The highest BCUT2D eigenvalue weighted by molar-refractivity contribution is 4.59. The Hall–Kier alpha value is -0.400. The minimum atomic E-state index is 0.567. The van der Waals surface area contributed by atoms with Crippen molar-refractivity contribution < 1.29 is 37.9 Å². The molecule has 0 radical (unpaired) electrons. The van der Waals surface area contributed by atoms with Gasteiger partial charge in [0.1, 0.15) is 0 Å². The first-order valence-corrected chi connectivity index (χ1v) is 12.0. The zero-order valence-electron chi connectivity index (χ0n) is 19.7. The molecule has 0 unspecified atom stereocenters. The average molecular weight is 465 g/mol. The highest BCUT2D eigenvalue weighted by Gasteiger charge is 2.08. The molecule has 0 aromatic carbocycles. The van der Waals surface area contributed by atoms with Crippen molar-refractivity contribution in [1.29, 1.82) is 0 Å². The molecule has 10 nitrogen and oxygen atoms in total. The van der Waals surface area contributed by atoms with Crippen LogP contribution in [0.2, 0.25) is 0 Å². The molecule has 0 N–H and O–H groups in total. The number of rotatable bonds is 0. The first-order chi connectivity index (χ1) is 15.9. The van der Waals surface area contributed by atoms with Crippen LogP contribution in [0, 0.1) is 0 Å². The fourth-order valence-corrected chi connectivity index (χ4v) is 3.24. The molecule has 3 aliphatic rings. The molecule has 0 amide bonds. The van der Waals surface area contributed by atoms with Crippen LogP contribution in [0.15, 0.2) is 0 Å². The van der Waals surface area contributed by atoms with Crippen LogP contribution < -0.4 is 0 Å². The molecular formula is C22H44N2O8. The van der Waals surface area contributed by atoms with Crippen LogP contribution in [0.25, 0.3) is 0 Å². The maximum Gasteiger partial charge on any atom is 0.0701 e. The first-order valence-electron chi connectivity index (χ1n) is 12.0. The van der Waals surface area contributed by atoms with Crippen LogP contribution in [0.5, 0.6) is 0 Å². The van der Waals surface area contributed by atoms with E-state index in [-0.39, 0.29) is 0 Å². The Kier molecular flexibility index (Phi) is 18.4. The van der Waals surface area contributed by atoms with Gasteiger partial charge in [-0.15, -0.1) is 0 Å². The standard InChI is InChI=1S/C22H44N2O8/c1-7-25-13-14-27-9-3-24-4-10-28-16-15-26-8-2-23(1)5-11-29-17-19-31-21-22-32-20-18-30-12-6-24/h1-22H2. The molecule has 0 saturated carbocycles. The summed E-state index contributed by atoms with van der Waals surface area (Å²) in [5, 5.41) is 0. The summed E-state index contributed by atoms with van der Waals surface area (Å²) < 4.78 is 45.6. The fraction of sp³-hybridized carbons (Fsp3) is 1.00. The van der Waals surface area contributed by atoms with E-state index in [1.807, 2.05) is 0 Å². The van der Waals surface area contributed by atoms with E-state index in [1.165, 1.54) is 0 Å². The summed E-state index contributed by atoms with van der Waals surface area (Å²) >= 11 is 0. The van der Waals surface area contributed by atoms with E-state index in [0.29, 0.717) is 106 Å². The second kappa shape index (κ2) is 21.2. The molecule has 190 valence electrons. The Balaban J connectivity index is 1.83. The molecule has 3 fully saturated rings. The van der Waals surface area contributed by atoms with Gasteiger partial charge in [-0.2, -0.15) is 0 Å². The Labute approximate surface area is 193 Å². The number of hydrogen-bond donors (Lipinski definition) is 0. The van der Waals surface area contributed by atoms with Gasteiger partial charge in [0.25, 0.3) is 0 Å². The SMILES string of the molecule is C1COCCOCCN2CCOCCOCCN(CCOCCO1)CCOCCOCC2. The quantitative estimate of drug-likeness (QED) is 0.448. The van der Waals surface area contributed by atoms with Gasteiger partial charge >= 0.3 is 0 Å². The summed E-state index contributed by atoms with van der Waals surface area (Å²) in [6, 6.07) is 0. The van der Waals surface area contributed by atoms with Gasteiger partial charge in [0, 0.05) is 39.3 Å². The van der Waals surface area contributed by atoms with Gasteiger partial charge in [-0.1, -0.05) is 0 Å². The van der Waals surface area contributed by atoms with E-state index in [1.54, 1.807) is 0 Å². The molecule has 3 aliphatic heterocycles. The lowest BCUT2D eigenvalue weighted by Crippen LogP contribution is -2.35. The number of fused-ring (bicyclic) bond motifs is 27. The highest BCUT2D eigenvalue weighted by Crippen LogP contribution is 1.95. The van der Waals surface area contributed by atoms with Crippen molar-refractivity contribution in [3.05, 3.63) is 0 Å². The molecule has 0 aromatic heterocycles. The molecule has 3 heterocycles. The van der Waals surface area contributed by atoms with Crippen molar-refractivity contribution in [2.45, 2.75) is 0 Å². The van der Waals surface area contributed by atoms with E-state index in [2.05, 4.69) is 9.80 Å². The third kappa shape index (κ3) is 16.2. The van der Waals surface area contributed by atoms with Gasteiger partial charge in [-0.25, -0.2) is 0 Å². The van der Waals surface area contributed by atoms with Crippen LogP contribution >= 0.6 is 0 Å². The van der Waals surface area contributed by atoms with Crippen molar-refractivity contribution in [3.8, 4) is 0 Å². The third-order valence-corrected chi connectivity index (χ3v) is 5.17. The summed E-state index contributed by atoms with van der Waals surface area (Å²) in [5.41, 5.74) is 0. The normalized spacial score (nSPS) is 29.2. The predicted octanol–water partition coefficient (Wildman–Crippen LogP) is -0.250. The molecule has 0 aromatic rings. The molecule has 32 heavy (non-hydrogen) atoms.